The molecule has 0 bridgehead atoms. The predicted octanol–water partition coefficient (Wildman–Crippen LogP) is 2.67. The van der Waals surface area contributed by atoms with Crippen LogP contribution in [0.1, 0.15) is 31.7 Å². The molecule has 0 saturated carbocycles. The molecule has 0 radical (unpaired) electrons. The number of carbonyl (C=O) groups excluding carboxylic acids is 1. The molecule has 2 aromatic rings. The third-order valence-corrected chi connectivity index (χ3v) is 6.62. The lowest BCUT2D eigenvalue weighted by atomic mass is 9.78. The highest BCUT2D eigenvalue weighted by Gasteiger charge is 2.36. The summed E-state index contributed by atoms with van der Waals surface area (Å²) in [5.41, 5.74) is 0.671. The average Bonchev–Trinajstić information content (AvgIpc) is 3.09. The number of benzene rings is 1. The van der Waals surface area contributed by atoms with Crippen molar-refractivity contribution < 1.29 is 4.79 Å². The smallest absolute Gasteiger partial charge is 0.226 e. The molecule has 0 atom stereocenters. The number of nitrogens with zero attached hydrogens (tertiary/aromatic N) is 2. The molecule has 1 aromatic heterocycles. The molecule has 1 aromatic carbocycles. The monoisotopic (exact) mass is 374 g/mol. The Labute approximate surface area is 160 Å². The van der Waals surface area contributed by atoms with E-state index in [0.717, 1.165) is 69.1 Å². The number of hydrogen-bond acceptors (Lipinski definition) is 5. The van der Waals surface area contributed by atoms with Gasteiger partial charge in [0.25, 0.3) is 0 Å². The van der Waals surface area contributed by atoms with Gasteiger partial charge in [-0.15, -0.1) is 11.3 Å². The fourth-order valence-electron chi connectivity index (χ4n) is 3.64. The van der Waals surface area contributed by atoms with Crippen LogP contribution in [0.25, 0.3) is 10.2 Å². The summed E-state index contributed by atoms with van der Waals surface area (Å²) < 4.78 is 1.20. The highest BCUT2D eigenvalue weighted by atomic mass is 32.1. The summed E-state index contributed by atoms with van der Waals surface area (Å²) in [7, 11) is 0. The van der Waals surface area contributed by atoms with Crippen molar-refractivity contribution in [1.29, 1.82) is 0 Å². The first-order valence-corrected chi connectivity index (χ1v) is 10.5. The van der Waals surface area contributed by atoms with Gasteiger partial charge in [-0.05, 0) is 25.0 Å². The number of aromatic nitrogens is 1. The van der Waals surface area contributed by atoms with E-state index in [1.165, 1.54) is 4.70 Å². The molecule has 0 aliphatic carbocycles. The molecule has 1 saturated heterocycles. The van der Waals surface area contributed by atoms with Crippen molar-refractivity contribution >= 4 is 27.5 Å². The zero-order chi connectivity index (χ0) is 18.4. The van der Waals surface area contributed by atoms with E-state index in [0.29, 0.717) is 0 Å². The van der Waals surface area contributed by atoms with Gasteiger partial charge in [-0.1, -0.05) is 26.0 Å². The van der Waals surface area contributed by atoms with Crippen molar-refractivity contribution in [1.82, 2.24) is 20.5 Å². The zero-order valence-electron chi connectivity index (χ0n) is 15.9. The summed E-state index contributed by atoms with van der Waals surface area (Å²) in [5.74, 6) is 0.178. The van der Waals surface area contributed by atoms with Gasteiger partial charge in [-0.3, -0.25) is 9.69 Å². The van der Waals surface area contributed by atoms with Crippen LogP contribution in [0.5, 0.6) is 0 Å². The Balaban J connectivity index is 1.62. The summed E-state index contributed by atoms with van der Waals surface area (Å²) in [6.07, 6.45) is 2.39. The Morgan fingerprint density at radius 3 is 2.69 bits per heavy atom. The molecular weight excluding hydrogens is 344 g/mol. The van der Waals surface area contributed by atoms with E-state index in [4.69, 9.17) is 4.98 Å². The highest BCUT2D eigenvalue weighted by molar-refractivity contribution is 7.18. The summed E-state index contributed by atoms with van der Waals surface area (Å²) in [6.45, 7) is 10.1. The van der Waals surface area contributed by atoms with Gasteiger partial charge in [0.05, 0.1) is 20.6 Å². The molecule has 5 nitrogen and oxygen atoms in total. The van der Waals surface area contributed by atoms with E-state index in [1.807, 2.05) is 18.2 Å². The summed E-state index contributed by atoms with van der Waals surface area (Å²) in [5, 5.41) is 7.62. The van der Waals surface area contributed by atoms with Gasteiger partial charge in [0.2, 0.25) is 5.91 Å². The Morgan fingerprint density at radius 1 is 1.27 bits per heavy atom. The van der Waals surface area contributed by atoms with Crippen molar-refractivity contribution in [3.05, 3.63) is 29.3 Å². The maximum atomic E-state index is 13.0. The SMILES string of the molecule is CCC(CC)(Cc1nc2ccccc2s1)C(=O)NCCN1CCNCC1. The maximum absolute atomic E-state index is 13.0. The highest BCUT2D eigenvalue weighted by Crippen LogP contribution is 2.34. The number of nitrogens with one attached hydrogen (secondary N) is 2. The lowest BCUT2D eigenvalue weighted by molar-refractivity contribution is -0.131. The van der Waals surface area contributed by atoms with Crippen molar-refractivity contribution in [2.24, 2.45) is 5.41 Å². The number of amides is 1. The van der Waals surface area contributed by atoms with Crippen LogP contribution in [0.2, 0.25) is 0 Å². The molecule has 6 heteroatoms. The zero-order valence-corrected chi connectivity index (χ0v) is 16.7. The van der Waals surface area contributed by atoms with Crippen LogP contribution in [0, 0.1) is 5.41 Å². The van der Waals surface area contributed by atoms with Crippen LogP contribution in [0.15, 0.2) is 24.3 Å². The van der Waals surface area contributed by atoms with Gasteiger partial charge >= 0.3 is 0 Å². The molecule has 2 heterocycles. The standard InChI is InChI=1S/C20H30N4OS/c1-3-20(4-2,15-18-23-16-7-5-6-8-17(16)26-18)19(25)22-11-14-24-12-9-21-10-13-24/h5-8,21H,3-4,9-15H2,1-2H3,(H,22,25). The van der Waals surface area contributed by atoms with Gasteiger partial charge in [0.1, 0.15) is 0 Å². The molecule has 0 spiro atoms. The fraction of sp³-hybridized carbons (Fsp3) is 0.600. The molecule has 1 aliphatic heterocycles. The van der Waals surface area contributed by atoms with Crippen LogP contribution in [-0.2, 0) is 11.2 Å². The topological polar surface area (TPSA) is 57.3 Å². The lowest BCUT2D eigenvalue weighted by Gasteiger charge is -2.31. The Hall–Kier alpha value is -1.50. The molecular formula is C20H30N4OS. The molecule has 142 valence electrons. The number of thiazole rings is 1. The first-order chi connectivity index (χ1) is 12.7. The molecule has 2 N–H and O–H groups in total. The van der Waals surface area contributed by atoms with Gasteiger partial charge < -0.3 is 10.6 Å². The van der Waals surface area contributed by atoms with E-state index in [1.54, 1.807) is 11.3 Å². The van der Waals surface area contributed by atoms with Crippen molar-refractivity contribution in [3.63, 3.8) is 0 Å². The van der Waals surface area contributed by atoms with E-state index in [-0.39, 0.29) is 11.3 Å². The van der Waals surface area contributed by atoms with Gasteiger partial charge in [0, 0.05) is 45.7 Å². The summed E-state index contributed by atoms with van der Waals surface area (Å²) in [4.78, 5) is 20.2. The third-order valence-electron chi connectivity index (χ3n) is 5.59. The fourth-order valence-corrected chi connectivity index (χ4v) is 4.75. The van der Waals surface area contributed by atoms with Crippen LogP contribution in [0.3, 0.4) is 0 Å². The second-order valence-electron chi connectivity index (χ2n) is 7.09. The van der Waals surface area contributed by atoms with Crippen molar-refractivity contribution in [3.8, 4) is 0 Å². The predicted molar refractivity (Wildman–Crippen MR) is 109 cm³/mol. The van der Waals surface area contributed by atoms with E-state index < -0.39 is 0 Å². The minimum Gasteiger partial charge on any atom is -0.354 e. The first kappa shape index (κ1) is 19.3. The number of carbonyl (C=O) groups is 1. The third kappa shape index (κ3) is 4.42. The molecule has 1 fully saturated rings. The first-order valence-electron chi connectivity index (χ1n) is 9.72. The molecule has 26 heavy (non-hydrogen) atoms. The van der Waals surface area contributed by atoms with Gasteiger partial charge in [0.15, 0.2) is 0 Å². The molecule has 0 unspecified atom stereocenters. The van der Waals surface area contributed by atoms with Crippen LogP contribution >= 0.6 is 11.3 Å². The van der Waals surface area contributed by atoms with Crippen molar-refractivity contribution in [2.45, 2.75) is 33.1 Å². The van der Waals surface area contributed by atoms with Crippen LogP contribution in [0.4, 0.5) is 0 Å². The maximum Gasteiger partial charge on any atom is 0.226 e. The Kier molecular flexibility index (Phi) is 6.62. The number of rotatable bonds is 8. The summed E-state index contributed by atoms with van der Waals surface area (Å²) in [6, 6.07) is 8.20. The summed E-state index contributed by atoms with van der Waals surface area (Å²) >= 11 is 1.71. The molecule has 3 rings (SSSR count). The lowest BCUT2D eigenvalue weighted by Crippen LogP contribution is -2.48. The number of piperazine rings is 1. The van der Waals surface area contributed by atoms with Crippen LogP contribution in [-0.4, -0.2) is 55.1 Å². The second kappa shape index (κ2) is 8.93. The molecule has 1 aliphatic rings. The minimum atomic E-state index is -0.364. The van der Waals surface area contributed by atoms with E-state index in [9.17, 15) is 4.79 Å². The van der Waals surface area contributed by atoms with E-state index in [2.05, 4.69) is 35.4 Å². The quantitative estimate of drug-likeness (QED) is 0.746. The van der Waals surface area contributed by atoms with Gasteiger partial charge in [-0.25, -0.2) is 4.98 Å². The Morgan fingerprint density at radius 2 is 2.00 bits per heavy atom. The normalized spacial score (nSPS) is 16.1. The number of para-hydroxylation sites is 1. The largest absolute Gasteiger partial charge is 0.354 e. The number of hydrogen-bond donors (Lipinski definition) is 2. The Bertz CT molecular complexity index is 686. The number of fused-ring (bicyclic) bond motifs is 1. The average molecular weight is 375 g/mol. The molecule has 1 amide bonds. The van der Waals surface area contributed by atoms with Crippen molar-refractivity contribution in [2.75, 3.05) is 39.3 Å². The second-order valence-corrected chi connectivity index (χ2v) is 8.20. The minimum absolute atomic E-state index is 0.178. The van der Waals surface area contributed by atoms with E-state index >= 15 is 0 Å². The van der Waals surface area contributed by atoms with Gasteiger partial charge in [-0.2, -0.15) is 0 Å². The van der Waals surface area contributed by atoms with Crippen LogP contribution < -0.4 is 10.6 Å².